The maximum absolute atomic E-state index is 13.4. The molecule has 1 saturated heterocycles. The summed E-state index contributed by atoms with van der Waals surface area (Å²) >= 11 is 0. The molecule has 2 aromatic carbocycles. The molecule has 2 fully saturated rings. The van der Waals surface area contributed by atoms with E-state index in [1.807, 2.05) is 30.3 Å². The zero-order valence-electron chi connectivity index (χ0n) is 22.5. The first-order valence-corrected chi connectivity index (χ1v) is 13.2. The summed E-state index contributed by atoms with van der Waals surface area (Å²) in [6.07, 6.45) is -6.43. The number of imide groups is 1. The molecule has 11 nitrogen and oxygen atoms in total. The van der Waals surface area contributed by atoms with Gasteiger partial charge in [0, 0.05) is 19.2 Å². The number of carbonyl (C=O) groups is 3. The van der Waals surface area contributed by atoms with Crippen LogP contribution in [0.5, 0.6) is 11.5 Å². The van der Waals surface area contributed by atoms with Crippen LogP contribution < -0.4 is 15.0 Å². The lowest BCUT2D eigenvalue weighted by atomic mass is 9.76. The van der Waals surface area contributed by atoms with Crippen LogP contribution in [0.15, 0.2) is 53.6 Å². The number of piperazine rings is 1. The summed E-state index contributed by atoms with van der Waals surface area (Å²) in [6.45, 7) is -0.825. The van der Waals surface area contributed by atoms with Crippen LogP contribution in [-0.2, 0) is 16.1 Å². The Labute approximate surface area is 237 Å². The molecule has 3 aromatic rings. The third kappa shape index (κ3) is 5.23. The van der Waals surface area contributed by atoms with E-state index in [1.165, 1.54) is 24.1 Å². The van der Waals surface area contributed by atoms with Crippen molar-refractivity contribution in [3.8, 4) is 11.5 Å². The third-order valence-electron chi connectivity index (χ3n) is 7.78. The van der Waals surface area contributed by atoms with Gasteiger partial charge in [0.2, 0.25) is 0 Å². The van der Waals surface area contributed by atoms with E-state index in [0.29, 0.717) is 21.9 Å². The summed E-state index contributed by atoms with van der Waals surface area (Å²) in [6, 6.07) is 12.4. The Hall–Kier alpha value is -4.62. The number of hydrogen-bond acceptors (Lipinski definition) is 7. The molecule has 0 atom stereocenters. The second-order valence-corrected chi connectivity index (χ2v) is 10.2. The van der Waals surface area contributed by atoms with Gasteiger partial charge in [-0.05, 0) is 37.3 Å². The van der Waals surface area contributed by atoms with Crippen molar-refractivity contribution in [3.63, 3.8) is 0 Å². The third-order valence-corrected chi connectivity index (χ3v) is 7.78. The Morgan fingerprint density at radius 3 is 2.38 bits per heavy atom. The molecular formula is C28H27F3N4O7. The lowest BCUT2D eigenvalue weighted by Gasteiger charge is -2.50. The maximum atomic E-state index is 13.4. The standard InChI is InChI=1S/C28H27F3N4O7/c1-41-21-14-20-19(23(36)33(16-32-20)15-17-5-3-2-4-6-17)13-22(21)42-18-7-9-27(10-8-18)24(37)34(26(39)40)11-12-35(27)25(38)28(29,30)31/h2-6,13-14,16,18H,7-12,15H2,1H3,(H,39,40). The number of carboxylic acid groups (broad SMARTS) is 1. The summed E-state index contributed by atoms with van der Waals surface area (Å²) in [5.74, 6) is -2.77. The van der Waals surface area contributed by atoms with E-state index in [9.17, 15) is 37.5 Å². The lowest BCUT2D eigenvalue weighted by Crippen LogP contribution is -2.70. The van der Waals surface area contributed by atoms with Gasteiger partial charge < -0.3 is 19.5 Å². The number of aromatic nitrogens is 2. The van der Waals surface area contributed by atoms with Crippen LogP contribution >= 0.6 is 0 Å². The number of alkyl halides is 3. The topological polar surface area (TPSA) is 131 Å². The Morgan fingerprint density at radius 1 is 1.07 bits per heavy atom. The van der Waals surface area contributed by atoms with Crippen LogP contribution in [0.25, 0.3) is 10.9 Å². The van der Waals surface area contributed by atoms with Crippen LogP contribution in [0.4, 0.5) is 18.0 Å². The molecule has 1 spiro atoms. The number of amides is 3. The Bertz CT molecular complexity index is 1580. The molecule has 2 aliphatic rings. The van der Waals surface area contributed by atoms with Gasteiger partial charge in [0.25, 0.3) is 11.5 Å². The molecule has 1 aliphatic heterocycles. The number of rotatable bonds is 5. The molecule has 0 bridgehead atoms. The highest BCUT2D eigenvalue weighted by molar-refractivity contribution is 6.01. The van der Waals surface area contributed by atoms with E-state index in [0.717, 1.165) is 5.56 Å². The zero-order valence-corrected chi connectivity index (χ0v) is 22.5. The summed E-state index contributed by atoms with van der Waals surface area (Å²) < 4.78 is 53.3. The normalized spacial score (nSPS) is 21.0. The molecule has 0 radical (unpaired) electrons. The number of carbonyl (C=O) groups excluding carboxylic acids is 2. The first-order valence-electron chi connectivity index (χ1n) is 13.2. The fraction of sp³-hybridized carbons (Fsp3) is 0.393. The zero-order chi connectivity index (χ0) is 30.2. The Morgan fingerprint density at radius 2 is 1.76 bits per heavy atom. The first kappa shape index (κ1) is 28.9. The van der Waals surface area contributed by atoms with Crippen LogP contribution in [0.1, 0.15) is 31.2 Å². The second-order valence-electron chi connectivity index (χ2n) is 10.2. The average Bonchev–Trinajstić information content (AvgIpc) is 2.96. The van der Waals surface area contributed by atoms with E-state index in [4.69, 9.17) is 9.47 Å². The molecule has 3 amide bonds. The first-order chi connectivity index (χ1) is 19.9. The van der Waals surface area contributed by atoms with Crippen molar-refractivity contribution in [2.45, 2.75) is 50.0 Å². The van der Waals surface area contributed by atoms with Crippen molar-refractivity contribution in [2.24, 2.45) is 0 Å². The fourth-order valence-corrected chi connectivity index (χ4v) is 5.67. The predicted octanol–water partition coefficient (Wildman–Crippen LogP) is 3.42. The highest BCUT2D eigenvalue weighted by Crippen LogP contribution is 2.42. The highest BCUT2D eigenvalue weighted by atomic mass is 19.4. The number of hydrogen-bond donors (Lipinski definition) is 1. The molecule has 2 heterocycles. The SMILES string of the molecule is COc1cc2ncn(Cc3ccccc3)c(=O)c2cc1OC1CCC2(CC1)C(=O)N(C(=O)O)CCN2C(=O)C(F)(F)F. The van der Waals surface area contributed by atoms with Crippen molar-refractivity contribution in [2.75, 3.05) is 20.2 Å². The molecule has 1 aliphatic carbocycles. The van der Waals surface area contributed by atoms with E-state index < -0.39 is 48.8 Å². The van der Waals surface area contributed by atoms with Crippen LogP contribution in [0, 0.1) is 0 Å². The summed E-state index contributed by atoms with van der Waals surface area (Å²) in [5, 5.41) is 9.69. The number of methoxy groups -OCH3 is 1. The fourth-order valence-electron chi connectivity index (χ4n) is 5.67. The minimum atomic E-state index is -5.23. The van der Waals surface area contributed by atoms with Gasteiger partial charge in [0.1, 0.15) is 5.54 Å². The molecule has 1 saturated carbocycles. The van der Waals surface area contributed by atoms with E-state index in [-0.39, 0.29) is 48.1 Å². The molecule has 1 N–H and O–H groups in total. The van der Waals surface area contributed by atoms with Crippen molar-refractivity contribution < 1.29 is 42.1 Å². The van der Waals surface area contributed by atoms with Gasteiger partial charge >= 0.3 is 18.2 Å². The number of halogens is 3. The Kier molecular flexibility index (Phi) is 7.56. The smallest absolute Gasteiger partial charge is 0.471 e. The quantitative estimate of drug-likeness (QED) is 0.480. The maximum Gasteiger partial charge on any atom is 0.471 e. The summed E-state index contributed by atoms with van der Waals surface area (Å²) in [5.41, 5.74) is -1.01. The molecule has 42 heavy (non-hydrogen) atoms. The highest BCUT2D eigenvalue weighted by Gasteiger charge is 2.58. The number of ether oxygens (including phenoxy) is 2. The minimum absolute atomic E-state index is 0.0350. The van der Waals surface area contributed by atoms with E-state index >= 15 is 0 Å². The lowest BCUT2D eigenvalue weighted by molar-refractivity contribution is -0.199. The monoisotopic (exact) mass is 588 g/mol. The molecule has 1 aromatic heterocycles. The number of nitrogens with zero attached hydrogens (tertiary/aromatic N) is 4. The molecule has 5 rings (SSSR count). The Balaban J connectivity index is 1.40. The molecule has 222 valence electrons. The van der Waals surface area contributed by atoms with Crippen LogP contribution in [-0.4, -0.2) is 80.4 Å². The number of fused-ring (bicyclic) bond motifs is 1. The average molecular weight is 589 g/mol. The van der Waals surface area contributed by atoms with Gasteiger partial charge in [-0.1, -0.05) is 30.3 Å². The van der Waals surface area contributed by atoms with Gasteiger partial charge in [-0.15, -0.1) is 0 Å². The predicted molar refractivity (Wildman–Crippen MR) is 141 cm³/mol. The van der Waals surface area contributed by atoms with Gasteiger partial charge in [-0.3, -0.25) is 19.0 Å². The van der Waals surface area contributed by atoms with Crippen molar-refractivity contribution >= 4 is 28.8 Å². The number of benzene rings is 2. The summed E-state index contributed by atoms with van der Waals surface area (Å²) in [7, 11) is 1.41. The van der Waals surface area contributed by atoms with Gasteiger partial charge in [0.05, 0.1) is 37.0 Å². The van der Waals surface area contributed by atoms with Gasteiger partial charge in [0.15, 0.2) is 11.5 Å². The van der Waals surface area contributed by atoms with Crippen molar-refractivity contribution in [3.05, 3.63) is 64.7 Å². The van der Waals surface area contributed by atoms with Gasteiger partial charge in [-0.2, -0.15) is 13.2 Å². The van der Waals surface area contributed by atoms with Crippen molar-refractivity contribution in [1.82, 2.24) is 19.4 Å². The molecule has 0 unspecified atom stereocenters. The summed E-state index contributed by atoms with van der Waals surface area (Å²) in [4.78, 5) is 55.6. The van der Waals surface area contributed by atoms with E-state index in [2.05, 4.69) is 4.98 Å². The largest absolute Gasteiger partial charge is 0.493 e. The van der Waals surface area contributed by atoms with Crippen molar-refractivity contribution in [1.29, 1.82) is 0 Å². The van der Waals surface area contributed by atoms with Crippen LogP contribution in [0.2, 0.25) is 0 Å². The minimum Gasteiger partial charge on any atom is -0.493 e. The van der Waals surface area contributed by atoms with Crippen LogP contribution in [0.3, 0.4) is 0 Å². The molecular weight excluding hydrogens is 561 g/mol. The van der Waals surface area contributed by atoms with E-state index in [1.54, 1.807) is 6.07 Å². The molecule has 14 heteroatoms. The van der Waals surface area contributed by atoms with Gasteiger partial charge in [-0.25, -0.2) is 14.7 Å². The second kappa shape index (κ2) is 11.0.